The van der Waals surface area contributed by atoms with Gasteiger partial charge in [-0.05, 0) is 24.6 Å². The van der Waals surface area contributed by atoms with E-state index in [1.165, 1.54) is 12.4 Å². The molecule has 1 aromatic heterocycles. The first kappa shape index (κ1) is 12.6. The molecule has 0 aliphatic carbocycles. The van der Waals surface area contributed by atoms with E-state index in [4.69, 9.17) is 0 Å². The molecule has 6 heteroatoms. The molecule has 4 nitrogen and oxygen atoms in total. The van der Waals surface area contributed by atoms with E-state index in [-0.39, 0.29) is 0 Å². The monoisotopic (exact) mass is 252 g/mol. The van der Waals surface area contributed by atoms with Crippen LogP contribution in [0.4, 0.5) is 8.78 Å². The lowest BCUT2D eigenvalue weighted by molar-refractivity contribution is 0.505. The average molecular weight is 252 g/mol. The van der Waals surface area contributed by atoms with Gasteiger partial charge in [0.15, 0.2) is 11.6 Å². The first-order chi connectivity index (χ1) is 8.70. The van der Waals surface area contributed by atoms with E-state index in [9.17, 15) is 8.78 Å². The number of hydrogen-bond donors (Lipinski definition) is 1. The van der Waals surface area contributed by atoms with Crippen molar-refractivity contribution in [3.63, 3.8) is 0 Å². The van der Waals surface area contributed by atoms with Gasteiger partial charge in [0.25, 0.3) is 0 Å². The minimum Gasteiger partial charge on any atom is -0.306 e. The molecular weight excluding hydrogens is 238 g/mol. The molecule has 0 amide bonds. The van der Waals surface area contributed by atoms with Crippen molar-refractivity contribution in [3.8, 4) is 0 Å². The number of nitrogens with zero attached hydrogens (tertiary/aromatic N) is 3. The Labute approximate surface area is 104 Å². The second-order valence-electron chi connectivity index (χ2n) is 3.84. The van der Waals surface area contributed by atoms with E-state index >= 15 is 0 Å². The molecule has 0 aliphatic rings. The topological polar surface area (TPSA) is 42.7 Å². The van der Waals surface area contributed by atoms with Crippen LogP contribution < -0.4 is 5.32 Å². The van der Waals surface area contributed by atoms with Crippen LogP contribution in [-0.2, 0) is 19.6 Å². The summed E-state index contributed by atoms with van der Waals surface area (Å²) >= 11 is 0. The van der Waals surface area contributed by atoms with Gasteiger partial charge in [0.05, 0.1) is 6.54 Å². The normalized spacial score (nSPS) is 10.8. The van der Waals surface area contributed by atoms with Gasteiger partial charge in [-0.2, -0.15) is 5.10 Å². The third-order valence-corrected chi connectivity index (χ3v) is 2.59. The Bertz CT molecular complexity index is 525. The second kappa shape index (κ2) is 5.68. The van der Waals surface area contributed by atoms with Gasteiger partial charge in [-0.1, -0.05) is 6.07 Å². The highest BCUT2D eigenvalue weighted by atomic mass is 19.2. The summed E-state index contributed by atoms with van der Waals surface area (Å²) in [5.41, 5.74) is 0.691. The van der Waals surface area contributed by atoms with Gasteiger partial charge >= 0.3 is 0 Å². The Morgan fingerprint density at radius 2 is 2.06 bits per heavy atom. The summed E-state index contributed by atoms with van der Waals surface area (Å²) in [6.07, 6.45) is 1.50. The van der Waals surface area contributed by atoms with Crippen LogP contribution in [0.25, 0.3) is 0 Å². The van der Waals surface area contributed by atoms with Crippen molar-refractivity contribution in [1.82, 2.24) is 20.1 Å². The fraction of sp³-hybridized carbons (Fsp3) is 0.333. The maximum absolute atomic E-state index is 13.0. The summed E-state index contributed by atoms with van der Waals surface area (Å²) < 4.78 is 27.5. The van der Waals surface area contributed by atoms with Crippen LogP contribution in [0, 0.1) is 11.6 Å². The van der Waals surface area contributed by atoms with Crippen molar-refractivity contribution in [2.45, 2.75) is 26.6 Å². The molecule has 0 bridgehead atoms. The fourth-order valence-corrected chi connectivity index (χ4v) is 1.66. The lowest BCUT2D eigenvalue weighted by Crippen LogP contribution is -2.17. The SMILES string of the molecule is CCn1ncnc1CNCc1ccc(F)c(F)c1. The molecule has 0 radical (unpaired) electrons. The highest BCUT2D eigenvalue weighted by Gasteiger charge is 2.04. The summed E-state index contributed by atoms with van der Waals surface area (Å²) in [4.78, 5) is 4.11. The highest BCUT2D eigenvalue weighted by molar-refractivity contribution is 5.17. The Morgan fingerprint density at radius 3 is 2.78 bits per heavy atom. The van der Waals surface area contributed by atoms with Gasteiger partial charge in [-0.15, -0.1) is 0 Å². The average Bonchev–Trinajstić information content (AvgIpc) is 2.81. The Morgan fingerprint density at radius 1 is 1.22 bits per heavy atom. The zero-order valence-electron chi connectivity index (χ0n) is 10.0. The largest absolute Gasteiger partial charge is 0.306 e. The molecule has 0 atom stereocenters. The second-order valence-corrected chi connectivity index (χ2v) is 3.84. The minimum absolute atomic E-state index is 0.452. The quantitative estimate of drug-likeness (QED) is 0.883. The summed E-state index contributed by atoms with van der Waals surface area (Å²) in [6, 6.07) is 3.86. The molecule has 1 aromatic carbocycles. The lowest BCUT2D eigenvalue weighted by atomic mass is 10.2. The fourth-order valence-electron chi connectivity index (χ4n) is 1.66. The van der Waals surface area contributed by atoms with Gasteiger partial charge in [0, 0.05) is 13.1 Å². The molecule has 1 N–H and O–H groups in total. The molecule has 0 fully saturated rings. The maximum atomic E-state index is 13.0. The number of halogens is 2. The molecular formula is C12H14F2N4. The third-order valence-electron chi connectivity index (χ3n) is 2.59. The van der Waals surface area contributed by atoms with Crippen LogP contribution in [0.3, 0.4) is 0 Å². The molecule has 0 unspecified atom stereocenters. The Balaban J connectivity index is 1.90. The van der Waals surface area contributed by atoms with E-state index in [0.29, 0.717) is 18.7 Å². The van der Waals surface area contributed by atoms with Crippen LogP contribution in [0.5, 0.6) is 0 Å². The molecule has 0 spiro atoms. The van der Waals surface area contributed by atoms with Crippen LogP contribution >= 0.6 is 0 Å². The molecule has 96 valence electrons. The Kier molecular flexibility index (Phi) is 3.99. The van der Waals surface area contributed by atoms with Crippen LogP contribution in [0.2, 0.25) is 0 Å². The van der Waals surface area contributed by atoms with Gasteiger partial charge in [0.1, 0.15) is 12.2 Å². The number of hydrogen-bond acceptors (Lipinski definition) is 3. The summed E-state index contributed by atoms with van der Waals surface area (Å²) in [7, 11) is 0. The Hall–Kier alpha value is -1.82. The van der Waals surface area contributed by atoms with Gasteiger partial charge < -0.3 is 5.32 Å². The molecule has 18 heavy (non-hydrogen) atoms. The molecule has 0 saturated carbocycles. The van der Waals surface area contributed by atoms with Gasteiger partial charge in [0.2, 0.25) is 0 Å². The predicted molar refractivity (Wildman–Crippen MR) is 62.6 cm³/mol. The molecule has 2 rings (SSSR count). The van der Waals surface area contributed by atoms with Crippen molar-refractivity contribution in [3.05, 3.63) is 47.5 Å². The molecule has 2 aromatic rings. The third kappa shape index (κ3) is 2.89. The number of nitrogens with one attached hydrogen (secondary N) is 1. The van der Waals surface area contributed by atoms with Crippen LogP contribution in [0.15, 0.2) is 24.5 Å². The van der Waals surface area contributed by atoms with Crippen LogP contribution in [0.1, 0.15) is 18.3 Å². The summed E-state index contributed by atoms with van der Waals surface area (Å²) in [5.74, 6) is -0.837. The van der Waals surface area contributed by atoms with E-state index in [2.05, 4.69) is 15.4 Å². The maximum Gasteiger partial charge on any atom is 0.159 e. The number of aromatic nitrogens is 3. The first-order valence-electron chi connectivity index (χ1n) is 5.72. The highest BCUT2D eigenvalue weighted by Crippen LogP contribution is 2.08. The number of benzene rings is 1. The van der Waals surface area contributed by atoms with E-state index in [1.54, 1.807) is 10.7 Å². The van der Waals surface area contributed by atoms with Crippen LogP contribution in [-0.4, -0.2) is 14.8 Å². The van der Waals surface area contributed by atoms with Gasteiger partial charge in [-0.3, -0.25) is 0 Å². The lowest BCUT2D eigenvalue weighted by Gasteiger charge is -2.06. The predicted octanol–water partition coefficient (Wildman–Crippen LogP) is 1.87. The van der Waals surface area contributed by atoms with E-state index in [1.807, 2.05) is 6.92 Å². The zero-order chi connectivity index (χ0) is 13.0. The number of rotatable bonds is 5. The van der Waals surface area contributed by atoms with Crippen molar-refractivity contribution >= 4 is 0 Å². The summed E-state index contributed by atoms with van der Waals surface area (Å²) in [5, 5.41) is 7.16. The van der Waals surface area contributed by atoms with Crippen molar-refractivity contribution < 1.29 is 8.78 Å². The molecule has 1 heterocycles. The van der Waals surface area contributed by atoms with Gasteiger partial charge in [-0.25, -0.2) is 18.4 Å². The molecule has 0 aliphatic heterocycles. The first-order valence-corrected chi connectivity index (χ1v) is 5.72. The van der Waals surface area contributed by atoms with Crippen molar-refractivity contribution in [1.29, 1.82) is 0 Å². The zero-order valence-corrected chi connectivity index (χ0v) is 10.0. The smallest absolute Gasteiger partial charge is 0.159 e. The number of aryl methyl sites for hydroxylation is 1. The standard InChI is InChI=1S/C12H14F2N4/c1-2-18-12(16-8-17-18)7-15-6-9-3-4-10(13)11(14)5-9/h3-5,8,15H,2,6-7H2,1H3. The summed E-state index contributed by atoms with van der Waals surface area (Å²) in [6.45, 7) is 3.72. The minimum atomic E-state index is -0.829. The molecule has 0 saturated heterocycles. The van der Waals surface area contributed by atoms with E-state index in [0.717, 1.165) is 18.4 Å². The van der Waals surface area contributed by atoms with Crippen molar-refractivity contribution in [2.24, 2.45) is 0 Å². The van der Waals surface area contributed by atoms with Crippen molar-refractivity contribution in [2.75, 3.05) is 0 Å². The van der Waals surface area contributed by atoms with E-state index < -0.39 is 11.6 Å².